The van der Waals surface area contributed by atoms with Gasteiger partial charge >= 0.3 is 0 Å². The number of nitrogens with zero attached hydrogens (tertiary/aromatic N) is 3. The quantitative estimate of drug-likeness (QED) is 0.736. The third-order valence-electron chi connectivity index (χ3n) is 3.88. The van der Waals surface area contributed by atoms with Gasteiger partial charge in [0, 0.05) is 24.9 Å². The van der Waals surface area contributed by atoms with Gasteiger partial charge in [-0.05, 0) is 36.1 Å². The standard InChI is InChI=1S/C19H20N4OS/c1-3-14-5-4-6-15(11-14)12-17(21-13(2)24)19-23-22-18(25-19)16-7-9-20-10-8-16/h4-11,17H,3,12H2,1-2H3,(H,21,24). The molecule has 3 rings (SSSR count). The van der Waals surface area contributed by atoms with Gasteiger partial charge in [-0.1, -0.05) is 42.5 Å². The highest BCUT2D eigenvalue weighted by Gasteiger charge is 2.19. The van der Waals surface area contributed by atoms with Crippen molar-refractivity contribution in [2.75, 3.05) is 0 Å². The van der Waals surface area contributed by atoms with Crippen LogP contribution >= 0.6 is 11.3 Å². The van der Waals surface area contributed by atoms with E-state index in [1.807, 2.05) is 12.1 Å². The van der Waals surface area contributed by atoms with E-state index in [0.29, 0.717) is 6.42 Å². The van der Waals surface area contributed by atoms with Crippen molar-refractivity contribution >= 4 is 17.2 Å². The number of hydrogen-bond donors (Lipinski definition) is 1. The number of carbonyl (C=O) groups is 1. The molecule has 0 saturated carbocycles. The molecular weight excluding hydrogens is 332 g/mol. The normalized spacial score (nSPS) is 11.9. The first-order chi connectivity index (χ1) is 12.2. The Labute approximate surface area is 151 Å². The molecule has 0 aliphatic carbocycles. The highest BCUT2D eigenvalue weighted by Crippen LogP contribution is 2.28. The third-order valence-corrected chi connectivity index (χ3v) is 4.97. The molecule has 5 nitrogen and oxygen atoms in total. The van der Waals surface area contributed by atoms with Gasteiger partial charge < -0.3 is 5.32 Å². The van der Waals surface area contributed by atoms with Crippen LogP contribution in [0.3, 0.4) is 0 Å². The van der Waals surface area contributed by atoms with E-state index in [1.165, 1.54) is 29.4 Å². The predicted molar refractivity (Wildman–Crippen MR) is 99.2 cm³/mol. The van der Waals surface area contributed by atoms with Crippen molar-refractivity contribution in [3.8, 4) is 10.6 Å². The van der Waals surface area contributed by atoms with Crippen LogP contribution in [0.4, 0.5) is 0 Å². The Morgan fingerprint density at radius 1 is 1.16 bits per heavy atom. The number of aryl methyl sites for hydroxylation is 1. The molecule has 0 spiro atoms. The Hall–Kier alpha value is -2.60. The highest BCUT2D eigenvalue weighted by molar-refractivity contribution is 7.14. The second-order valence-corrected chi connectivity index (χ2v) is 6.82. The van der Waals surface area contributed by atoms with Gasteiger partial charge in [0.1, 0.15) is 10.0 Å². The van der Waals surface area contributed by atoms with Crippen molar-refractivity contribution in [2.24, 2.45) is 0 Å². The molecule has 25 heavy (non-hydrogen) atoms. The molecule has 0 fully saturated rings. The number of amides is 1. The lowest BCUT2D eigenvalue weighted by atomic mass is 10.0. The minimum atomic E-state index is -0.183. The summed E-state index contributed by atoms with van der Waals surface area (Å²) in [6, 6.07) is 12.1. The lowest BCUT2D eigenvalue weighted by Gasteiger charge is -2.15. The summed E-state index contributed by atoms with van der Waals surface area (Å²) in [5.74, 6) is -0.0719. The van der Waals surface area contributed by atoms with Crippen LogP contribution < -0.4 is 5.32 Å². The smallest absolute Gasteiger partial charge is 0.217 e. The lowest BCUT2D eigenvalue weighted by molar-refractivity contribution is -0.119. The van der Waals surface area contributed by atoms with Crippen LogP contribution in [0.2, 0.25) is 0 Å². The minimum Gasteiger partial charge on any atom is -0.347 e. The second kappa shape index (κ2) is 7.98. The summed E-state index contributed by atoms with van der Waals surface area (Å²) in [6.07, 6.45) is 5.15. The zero-order valence-electron chi connectivity index (χ0n) is 14.3. The van der Waals surface area contributed by atoms with Crippen LogP contribution in [-0.2, 0) is 17.6 Å². The number of rotatable bonds is 6. The van der Waals surface area contributed by atoms with Gasteiger partial charge in [0.2, 0.25) is 5.91 Å². The largest absolute Gasteiger partial charge is 0.347 e. The number of pyridine rings is 1. The molecule has 3 aromatic rings. The molecule has 1 amide bonds. The van der Waals surface area contributed by atoms with E-state index in [2.05, 4.69) is 51.7 Å². The SMILES string of the molecule is CCc1cccc(CC(NC(C)=O)c2nnc(-c3ccncc3)s2)c1. The summed E-state index contributed by atoms with van der Waals surface area (Å²) in [4.78, 5) is 15.7. The molecule has 0 radical (unpaired) electrons. The van der Waals surface area contributed by atoms with Crippen molar-refractivity contribution < 1.29 is 4.79 Å². The maximum absolute atomic E-state index is 11.7. The summed E-state index contributed by atoms with van der Waals surface area (Å²) in [5, 5.41) is 13.2. The number of benzene rings is 1. The highest BCUT2D eigenvalue weighted by atomic mass is 32.1. The van der Waals surface area contributed by atoms with Crippen LogP contribution in [0.15, 0.2) is 48.8 Å². The first kappa shape index (κ1) is 17.2. The summed E-state index contributed by atoms with van der Waals surface area (Å²) in [6.45, 7) is 3.66. The predicted octanol–water partition coefficient (Wildman–Crippen LogP) is 3.58. The molecule has 1 unspecified atom stereocenters. The molecule has 1 N–H and O–H groups in total. The molecule has 1 aromatic carbocycles. The molecule has 0 bridgehead atoms. The maximum atomic E-state index is 11.7. The molecular formula is C19H20N4OS. The van der Waals surface area contributed by atoms with Gasteiger partial charge in [-0.3, -0.25) is 9.78 Å². The van der Waals surface area contributed by atoms with E-state index in [0.717, 1.165) is 22.0 Å². The van der Waals surface area contributed by atoms with Crippen LogP contribution in [0.25, 0.3) is 10.6 Å². The van der Waals surface area contributed by atoms with E-state index in [-0.39, 0.29) is 11.9 Å². The molecule has 0 aliphatic heterocycles. The van der Waals surface area contributed by atoms with Gasteiger partial charge in [-0.2, -0.15) is 0 Å². The van der Waals surface area contributed by atoms with Gasteiger partial charge in [0.15, 0.2) is 0 Å². The van der Waals surface area contributed by atoms with Crippen molar-refractivity contribution in [1.82, 2.24) is 20.5 Å². The number of nitrogens with one attached hydrogen (secondary N) is 1. The maximum Gasteiger partial charge on any atom is 0.217 e. The van der Waals surface area contributed by atoms with Crippen molar-refractivity contribution in [3.05, 3.63) is 64.9 Å². The van der Waals surface area contributed by atoms with E-state index in [9.17, 15) is 4.79 Å². The van der Waals surface area contributed by atoms with Gasteiger partial charge in [-0.25, -0.2) is 0 Å². The Morgan fingerprint density at radius 3 is 2.64 bits per heavy atom. The number of hydrogen-bond acceptors (Lipinski definition) is 5. The molecule has 0 aliphatic rings. The molecule has 2 heterocycles. The Morgan fingerprint density at radius 2 is 1.92 bits per heavy atom. The fraction of sp³-hybridized carbons (Fsp3) is 0.263. The molecule has 128 valence electrons. The fourth-order valence-electron chi connectivity index (χ4n) is 2.64. The molecule has 0 saturated heterocycles. The Balaban J connectivity index is 1.85. The van der Waals surface area contributed by atoms with Gasteiger partial charge in [0.05, 0.1) is 6.04 Å². The Kier molecular flexibility index (Phi) is 5.50. The van der Waals surface area contributed by atoms with E-state index < -0.39 is 0 Å². The first-order valence-electron chi connectivity index (χ1n) is 8.24. The first-order valence-corrected chi connectivity index (χ1v) is 9.06. The lowest BCUT2D eigenvalue weighted by Crippen LogP contribution is -2.27. The van der Waals surface area contributed by atoms with Crippen molar-refractivity contribution in [2.45, 2.75) is 32.7 Å². The summed E-state index contributed by atoms with van der Waals surface area (Å²) in [5.41, 5.74) is 3.45. The van der Waals surface area contributed by atoms with Crippen molar-refractivity contribution in [3.63, 3.8) is 0 Å². The van der Waals surface area contributed by atoms with Crippen LogP contribution in [0.1, 0.15) is 36.0 Å². The zero-order chi connectivity index (χ0) is 17.6. The second-order valence-electron chi connectivity index (χ2n) is 5.81. The number of aromatic nitrogens is 3. The summed E-state index contributed by atoms with van der Waals surface area (Å²) in [7, 11) is 0. The van der Waals surface area contributed by atoms with Crippen LogP contribution in [0, 0.1) is 0 Å². The molecule has 2 aromatic heterocycles. The number of carbonyl (C=O) groups excluding carboxylic acids is 1. The molecule has 1 atom stereocenters. The van der Waals surface area contributed by atoms with Crippen molar-refractivity contribution in [1.29, 1.82) is 0 Å². The van der Waals surface area contributed by atoms with E-state index in [4.69, 9.17) is 0 Å². The van der Waals surface area contributed by atoms with Gasteiger partial charge in [0.25, 0.3) is 0 Å². The third kappa shape index (κ3) is 4.48. The molecule has 6 heteroatoms. The average molecular weight is 352 g/mol. The van der Waals surface area contributed by atoms with Crippen LogP contribution in [0.5, 0.6) is 0 Å². The van der Waals surface area contributed by atoms with Gasteiger partial charge in [-0.15, -0.1) is 10.2 Å². The Bertz CT molecular complexity index is 847. The topological polar surface area (TPSA) is 67.8 Å². The zero-order valence-corrected chi connectivity index (χ0v) is 15.1. The summed E-state index contributed by atoms with van der Waals surface area (Å²) >= 11 is 1.50. The van der Waals surface area contributed by atoms with E-state index in [1.54, 1.807) is 12.4 Å². The average Bonchev–Trinajstić information content (AvgIpc) is 3.12. The monoisotopic (exact) mass is 352 g/mol. The van der Waals surface area contributed by atoms with E-state index >= 15 is 0 Å². The fourth-order valence-corrected chi connectivity index (χ4v) is 3.54. The van der Waals surface area contributed by atoms with Crippen LogP contribution in [-0.4, -0.2) is 21.1 Å². The summed E-state index contributed by atoms with van der Waals surface area (Å²) < 4.78 is 0. The minimum absolute atomic E-state index is 0.0719.